The minimum atomic E-state index is 0.485. The molecule has 0 amide bonds. The summed E-state index contributed by atoms with van der Waals surface area (Å²) in [6.45, 7) is 3.46. The highest BCUT2D eigenvalue weighted by atomic mass is 127. The van der Waals surface area contributed by atoms with Crippen molar-refractivity contribution in [1.82, 2.24) is 4.98 Å². The standard InChI is InChI=1S/C14H15IN2O/c1-2-16-11-7-8-17-12(9-11)10-18-14-6-4-3-5-13(14)15/h3-9H,2,10H2,1H3,(H,16,17). The monoisotopic (exact) mass is 354 g/mol. The average molecular weight is 354 g/mol. The van der Waals surface area contributed by atoms with Crippen LogP contribution in [0.3, 0.4) is 0 Å². The highest BCUT2D eigenvalue weighted by Gasteiger charge is 2.01. The molecule has 4 heteroatoms. The lowest BCUT2D eigenvalue weighted by molar-refractivity contribution is 0.299. The van der Waals surface area contributed by atoms with Gasteiger partial charge in [-0.3, -0.25) is 4.98 Å². The number of hydrogen-bond acceptors (Lipinski definition) is 3. The van der Waals surface area contributed by atoms with Crippen LogP contribution < -0.4 is 10.1 Å². The largest absolute Gasteiger partial charge is 0.486 e. The fourth-order valence-electron chi connectivity index (χ4n) is 1.58. The van der Waals surface area contributed by atoms with Gasteiger partial charge in [0.25, 0.3) is 0 Å². The highest BCUT2D eigenvalue weighted by Crippen LogP contribution is 2.20. The molecule has 1 N–H and O–H groups in total. The van der Waals surface area contributed by atoms with Crippen molar-refractivity contribution in [3.05, 3.63) is 51.9 Å². The van der Waals surface area contributed by atoms with Crippen LogP contribution in [0, 0.1) is 3.57 Å². The van der Waals surface area contributed by atoms with Crippen molar-refractivity contribution >= 4 is 28.3 Å². The van der Waals surface area contributed by atoms with E-state index in [9.17, 15) is 0 Å². The van der Waals surface area contributed by atoms with Gasteiger partial charge < -0.3 is 10.1 Å². The number of hydrogen-bond donors (Lipinski definition) is 1. The molecule has 0 atom stereocenters. The Balaban J connectivity index is 2.02. The third-order valence-electron chi connectivity index (χ3n) is 2.41. The first-order chi connectivity index (χ1) is 8.79. The molecule has 0 fully saturated rings. The van der Waals surface area contributed by atoms with E-state index in [0.29, 0.717) is 6.61 Å². The summed E-state index contributed by atoms with van der Waals surface area (Å²) in [5.41, 5.74) is 2.00. The van der Waals surface area contributed by atoms with Crippen molar-refractivity contribution < 1.29 is 4.74 Å². The van der Waals surface area contributed by atoms with Crippen molar-refractivity contribution in [3.63, 3.8) is 0 Å². The summed E-state index contributed by atoms with van der Waals surface area (Å²) in [4.78, 5) is 4.30. The molecular formula is C14H15IN2O. The number of para-hydroxylation sites is 1. The van der Waals surface area contributed by atoms with E-state index < -0.39 is 0 Å². The van der Waals surface area contributed by atoms with Gasteiger partial charge in [0.05, 0.1) is 9.26 Å². The first-order valence-corrected chi connectivity index (χ1v) is 6.93. The molecule has 0 aliphatic rings. The molecule has 1 aromatic heterocycles. The smallest absolute Gasteiger partial charge is 0.133 e. The maximum Gasteiger partial charge on any atom is 0.133 e. The Hall–Kier alpha value is -1.30. The van der Waals surface area contributed by atoms with E-state index in [-0.39, 0.29) is 0 Å². The molecule has 0 radical (unpaired) electrons. The first kappa shape index (κ1) is 13.1. The van der Waals surface area contributed by atoms with Gasteiger partial charge in [-0.2, -0.15) is 0 Å². The van der Waals surface area contributed by atoms with E-state index in [4.69, 9.17) is 4.74 Å². The van der Waals surface area contributed by atoms with Crippen LogP contribution in [0.1, 0.15) is 12.6 Å². The third kappa shape index (κ3) is 3.60. The molecule has 1 heterocycles. The van der Waals surface area contributed by atoms with Crippen molar-refractivity contribution in [2.75, 3.05) is 11.9 Å². The van der Waals surface area contributed by atoms with Gasteiger partial charge in [-0.1, -0.05) is 12.1 Å². The molecule has 1 aromatic carbocycles. The second-order valence-electron chi connectivity index (χ2n) is 3.79. The lowest BCUT2D eigenvalue weighted by Gasteiger charge is -2.09. The Morgan fingerprint density at radius 1 is 1.28 bits per heavy atom. The van der Waals surface area contributed by atoms with E-state index in [0.717, 1.165) is 27.2 Å². The Morgan fingerprint density at radius 2 is 2.11 bits per heavy atom. The summed E-state index contributed by atoms with van der Waals surface area (Å²) in [5, 5.41) is 3.26. The zero-order valence-corrected chi connectivity index (χ0v) is 12.3. The van der Waals surface area contributed by atoms with Crippen LogP contribution in [0.2, 0.25) is 0 Å². The van der Waals surface area contributed by atoms with Gasteiger partial charge in [0.2, 0.25) is 0 Å². The molecule has 0 aliphatic heterocycles. The summed E-state index contributed by atoms with van der Waals surface area (Å²) >= 11 is 2.27. The Kier molecular flexibility index (Phi) is 4.81. The number of nitrogens with one attached hydrogen (secondary N) is 1. The quantitative estimate of drug-likeness (QED) is 0.832. The number of anilines is 1. The molecular weight excluding hydrogens is 339 g/mol. The predicted octanol–water partition coefficient (Wildman–Crippen LogP) is 3.70. The fourth-order valence-corrected chi connectivity index (χ4v) is 2.13. The number of ether oxygens (including phenoxy) is 1. The summed E-state index contributed by atoms with van der Waals surface area (Å²) in [6.07, 6.45) is 1.80. The highest BCUT2D eigenvalue weighted by molar-refractivity contribution is 14.1. The zero-order valence-electron chi connectivity index (χ0n) is 10.2. The lowest BCUT2D eigenvalue weighted by Crippen LogP contribution is -2.02. The molecule has 94 valence electrons. The number of rotatable bonds is 5. The molecule has 18 heavy (non-hydrogen) atoms. The predicted molar refractivity (Wildman–Crippen MR) is 81.9 cm³/mol. The molecule has 0 unspecified atom stereocenters. The summed E-state index contributed by atoms with van der Waals surface area (Å²) < 4.78 is 6.87. The molecule has 2 aromatic rings. The van der Waals surface area contributed by atoms with Crippen molar-refractivity contribution in [2.45, 2.75) is 13.5 Å². The number of halogens is 1. The molecule has 0 saturated heterocycles. The summed E-state index contributed by atoms with van der Waals surface area (Å²) in [5.74, 6) is 0.897. The third-order valence-corrected chi connectivity index (χ3v) is 3.30. The minimum absolute atomic E-state index is 0.485. The lowest BCUT2D eigenvalue weighted by atomic mass is 10.3. The van der Waals surface area contributed by atoms with Gasteiger partial charge in [0.15, 0.2) is 0 Å². The van der Waals surface area contributed by atoms with E-state index in [1.807, 2.05) is 36.4 Å². The normalized spacial score (nSPS) is 10.1. The Bertz CT molecular complexity index is 517. The zero-order chi connectivity index (χ0) is 12.8. The van der Waals surface area contributed by atoms with Crippen LogP contribution in [0.4, 0.5) is 5.69 Å². The summed E-state index contributed by atoms with van der Waals surface area (Å²) in [6, 6.07) is 11.9. The van der Waals surface area contributed by atoms with Gasteiger partial charge >= 0.3 is 0 Å². The van der Waals surface area contributed by atoms with E-state index in [1.54, 1.807) is 6.20 Å². The van der Waals surface area contributed by atoms with Gasteiger partial charge in [0, 0.05) is 18.4 Å². The molecule has 0 bridgehead atoms. The second-order valence-corrected chi connectivity index (χ2v) is 4.95. The summed E-state index contributed by atoms with van der Waals surface area (Å²) in [7, 11) is 0. The molecule has 2 rings (SSSR count). The van der Waals surface area contributed by atoms with E-state index in [1.165, 1.54) is 0 Å². The Morgan fingerprint density at radius 3 is 2.89 bits per heavy atom. The van der Waals surface area contributed by atoms with Crippen molar-refractivity contribution in [3.8, 4) is 5.75 Å². The van der Waals surface area contributed by atoms with E-state index >= 15 is 0 Å². The number of nitrogens with zero attached hydrogens (tertiary/aromatic N) is 1. The SMILES string of the molecule is CCNc1ccnc(COc2ccccc2I)c1. The van der Waals surface area contributed by atoms with Gasteiger partial charge in [-0.25, -0.2) is 0 Å². The number of benzene rings is 1. The van der Waals surface area contributed by atoms with Gasteiger partial charge in [0.1, 0.15) is 12.4 Å². The van der Waals surface area contributed by atoms with Crippen LogP contribution in [-0.2, 0) is 6.61 Å². The van der Waals surface area contributed by atoms with Gasteiger partial charge in [-0.15, -0.1) is 0 Å². The average Bonchev–Trinajstić information content (AvgIpc) is 2.39. The fraction of sp³-hybridized carbons (Fsp3) is 0.214. The topological polar surface area (TPSA) is 34.2 Å². The van der Waals surface area contributed by atoms with Crippen LogP contribution in [0.15, 0.2) is 42.6 Å². The van der Waals surface area contributed by atoms with Gasteiger partial charge in [-0.05, 0) is 53.8 Å². The van der Waals surface area contributed by atoms with Crippen molar-refractivity contribution in [1.29, 1.82) is 0 Å². The van der Waals surface area contributed by atoms with Crippen molar-refractivity contribution in [2.24, 2.45) is 0 Å². The molecule has 0 aliphatic carbocycles. The Labute approximate surface area is 121 Å². The van der Waals surface area contributed by atoms with Crippen LogP contribution in [0.5, 0.6) is 5.75 Å². The number of pyridine rings is 1. The number of aromatic nitrogens is 1. The molecule has 0 saturated carbocycles. The van der Waals surface area contributed by atoms with Crippen LogP contribution in [-0.4, -0.2) is 11.5 Å². The van der Waals surface area contributed by atoms with Crippen LogP contribution >= 0.6 is 22.6 Å². The molecule has 0 spiro atoms. The minimum Gasteiger partial charge on any atom is -0.486 e. The van der Waals surface area contributed by atoms with Crippen LogP contribution in [0.25, 0.3) is 0 Å². The maximum absolute atomic E-state index is 5.76. The maximum atomic E-state index is 5.76. The van der Waals surface area contributed by atoms with E-state index in [2.05, 4.69) is 39.8 Å². The molecule has 3 nitrogen and oxygen atoms in total. The second kappa shape index (κ2) is 6.58. The first-order valence-electron chi connectivity index (χ1n) is 5.85.